The third-order valence-corrected chi connectivity index (χ3v) is 4.16. The highest BCUT2D eigenvalue weighted by Gasteiger charge is 2.11. The number of nitrogens with two attached hydrogens (primary N) is 1. The van der Waals surface area contributed by atoms with Gasteiger partial charge in [0.05, 0.1) is 12.7 Å². The Morgan fingerprint density at radius 1 is 1.00 bits per heavy atom. The molecule has 0 atom stereocenters. The van der Waals surface area contributed by atoms with Crippen molar-refractivity contribution in [3.8, 4) is 0 Å². The Morgan fingerprint density at radius 2 is 1.64 bits per heavy atom. The van der Waals surface area contributed by atoms with Crippen LogP contribution in [0.1, 0.15) is 26.3 Å². The van der Waals surface area contributed by atoms with Crippen molar-refractivity contribution in [2.24, 2.45) is 5.73 Å². The van der Waals surface area contributed by atoms with Gasteiger partial charge in [0.25, 0.3) is 5.91 Å². The van der Waals surface area contributed by atoms with E-state index in [1.54, 1.807) is 29.1 Å². The average Bonchev–Trinajstić information content (AvgIpc) is 3.03. The fraction of sp³-hybridized carbons (Fsp3) is 0.0556. The number of benzene rings is 2. The van der Waals surface area contributed by atoms with Crippen molar-refractivity contribution >= 4 is 33.6 Å². The van der Waals surface area contributed by atoms with Crippen LogP contribution in [-0.4, -0.2) is 21.6 Å². The van der Waals surface area contributed by atoms with Gasteiger partial charge in [0, 0.05) is 21.7 Å². The second kappa shape index (κ2) is 7.31. The maximum Gasteiger partial charge on any atom is 0.256 e. The van der Waals surface area contributed by atoms with Crippen LogP contribution in [0, 0.1) is 0 Å². The fourth-order valence-electron chi connectivity index (χ4n) is 2.30. The van der Waals surface area contributed by atoms with Crippen LogP contribution in [0.2, 0.25) is 0 Å². The van der Waals surface area contributed by atoms with Crippen molar-refractivity contribution in [1.29, 1.82) is 0 Å². The molecule has 0 aliphatic carbocycles. The largest absolute Gasteiger partial charge is 0.366 e. The molecule has 0 saturated carbocycles. The molecule has 0 aliphatic rings. The van der Waals surface area contributed by atoms with Crippen LogP contribution in [0.5, 0.6) is 0 Å². The summed E-state index contributed by atoms with van der Waals surface area (Å²) in [5, 5.41) is 7.07. The number of hydrogen-bond acceptors (Lipinski definition) is 3. The molecule has 0 unspecified atom stereocenters. The molecule has 6 nitrogen and oxygen atoms in total. The number of primary amides is 1. The Balaban J connectivity index is 1.73. The van der Waals surface area contributed by atoms with E-state index in [-0.39, 0.29) is 5.91 Å². The van der Waals surface area contributed by atoms with Crippen LogP contribution < -0.4 is 11.1 Å². The topological polar surface area (TPSA) is 90.0 Å². The Hall–Kier alpha value is -2.93. The molecule has 0 bridgehead atoms. The van der Waals surface area contributed by atoms with E-state index in [0.717, 1.165) is 10.0 Å². The van der Waals surface area contributed by atoms with Gasteiger partial charge in [0.15, 0.2) is 0 Å². The second-order valence-electron chi connectivity index (χ2n) is 5.40. The van der Waals surface area contributed by atoms with Gasteiger partial charge in [-0.05, 0) is 42.0 Å². The molecule has 1 heterocycles. The number of halogens is 1. The molecule has 7 heteroatoms. The van der Waals surface area contributed by atoms with E-state index in [2.05, 4.69) is 26.3 Å². The van der Waals surface area contributed by atoms with Crippen molar-refractivity contribution in [3.63, 3.8) is 0 Å². The van der Waals surface area contributed by atoms with E-state index >= 15 is 0 Å². The highest BCUT2D eigenvalue weighted by molar-refractivity contribution is 9.10. The summed E-state index contributed by atoms with van der Waals surface area (Å²) in [5.74, 6) is -0.222. The van der Waals surface area contributed by atoms with Gasteiger partial charge in [-0.1, -0.05) is 28.1 Å². The molecule has 3 aromatic rings. The van der Waals surface area contributed by atoms with Crippen molar-refractivity contribution in [3.05, 3.63) is 82.0 Å². The number of aromatic nitrogens is 2. The molecule has 2 amide bonds. The summed E-state index contributed by atoms with van der Waals surface area (Å²) >= 11 is 3.40. The molecular formula is C18H15BrN4O2. The van der Waals surface area contributed by atoms with Crippen LogP contribution in [0.3, 0.4) is 0 Å². The van der Waals surface area contributed by atoms with E-state index in [9.17, 15) is 9.59 Å². The lowest BCUT2D eigenvalue weighted by molar-refractivity contribution is 0.0995. The molecule has 0 spiro atoms. The summed E-state index contributed by atoms with van der Waals surface area (Å²) in [6.07, 6.45) is 1.63. The third kappa shape index (κ3) is 4.13. The van der Waals surface area contributed by atoms with Crippen molar-refractivity contribution in [1.82, 2.24) is 9.78 Å². The van der Waals surface area contributed by atoms with Crippen LogP contribution in [0.25, 0.3) is 0 Å². The highest BCUT2D eigenvalue weighted by atomic mass is 79.9. The van der Waals surface area contributed by atoms with Gasteiger partial charge < -0.3 is 11.1 Å². The van der Waals surface area contributed by atoms with Crippen molar-refractivity contribution in [2.45, 2.75) is 6.54 Å². The molecule has 3 rings (SSSR count). The van der Waals surface area contributed by atoms with E-state index in [1.165, 1.54) is 12.1 Å². The Kier molecular flexibility index (Phi) is 4.95. The molecule has 2 aromatic carbocycles. The van der Waals surface area contributed by atoms with E-state index < -0.39 is 5.91 Å². The zero-order chi connectivity index (χ0) is 17.8. The monoisotopic (exact) mass is 398 g/mol. The molecule has 25 heavy (non-hydrogen) atoms. The van der Waals surface area contributed by atoms with Gasteiger partial charge in [-0.15, -0.1) is 0 Å². The van der Waals surface area contributed by atoms with Gasteiger partial charge in [-0.2, -0.15) is 5.10 Å². The number of hydrogen-bond donors (Lipinski definition) is 2. The smallest absolute Gasteiger partial charge is 0.256 e. The zero-order valence-corrected chi connectivity index (χ0v) is 14.7. The first-order valence-corrected chi connectivity index (χ1v) is 8.30. The predicted molar refractivity (Wildman–Crippen MR) is 98.4 cm³/mol. The summed E-state index contributed by atoms with van der Waals surface area (Å²) in [7, 11) is 0. The maximum absolute atomic E-state index is 12.4. The lowest BCUT2D eigenvalue weighted by Crippen LogP contribution is -2.17. The molecule has 1 aromatic heterocycles. The minimum atomic E-state index is -0.528. The minimum absolute atomic E-state index is 0.284. The molecule has 3 N–H and O–H groups in total. The Morgan fingerprint density at radius 3 is 2.28 bits per heavy atom. The number of nitrogens with one attached hydrogen (secondary N) is 1. The number of carbonyl (C=O) groups excluding carboxylic acids is 2. The van der Waals surface area contributed by atoms with Crippen LogP contribution in [0.4, 0.5) is 5.82 Å². The predicted octanol–water partition coefficient (Wildman–Crippen LogP) is 3.05. The summed E-state index contributed by atoms with van der Waals surface area (Å²) < 4.78 is 2.71. The lowest BCUT2D eigenvalue weighted by Gasteiger charge is -2.09. The Bertz CT molecular complexity index is 902. The maximum atomic E-state index is 12.4. The van der Waals surface area contributed by atoms with Crippen LogP contribution in [0.15, 0.2) is 65.3 Å². The van der Waals surface area contributed by atoms with Gasteiger partial charge in [0.1, 0.15) is 5.82 Å². The fourth-order valence-corrected chi connectivity index (χ4v) is 2.57. The summed E-state index contributed by atoms with van der Waals surface area (Å²) in [6.45, 7) is 0.538. The summed E-state index contributed by atoms with van der Waals surface area (Å²) in [5.41, 5.74) is 7.05. The number of anilines is 1. The molecule has 126 valence electrons. The molecular weight excluding hydrogens is 384 g/mol. The van der Waals surface area contributed by atoms with Crippen molar-refractivity contribution in [2.75, 3.05) is 5.32 Å². The minimum Gasteiger partial charge on any atom is -0.366 e. The SMILES string of the molecule is NC(=O)c1ccc(C(=O)Nc2ccnn2Cc2ccc(Br)cc2)cc1. The first-order valence-electron chi connectivity index (χ1n) is 7.50. The molecule has 0 aliphatic heterocycles. The van der Waals surface area contributed by atoms with Crippen molar-refractivity contribution < 1.29 is 9.59 Å². The van der Waals surface area contributed by atoms with Gasteiger partial charge in [0.2, 0.25) is 5.91 Å². The molecule has 0 saturated heterocycles. The van der Waals surface area contributed by atoms with Gasteiger partial charge >= 0.3 is 0 Å². The summed E-state index contributed by atoms with van der Waals surface area (Å²) in [4.78, 5) is 23.5. The van der Waals surface area contributed by atoms with E-state index in [4.69, 9.17) is 5.73 Å². The quantitative estimate of drug-likeness (QED) is 0.691. The molecule has 0 radical (unpaired) electrons. The number of amides is 2. The average molecular weight is 399 g/mol. The normalized spacial score (nSPS) is 10.4. The van der Waals surface area contributed by atoms with E-state index in [0.29, 0.717) is 23.5 Å². The van der Waals surface area contributed by atoms with Crippen LogP contribution in [-0.2, 0) is 6.54 Å². The number of rotatable bonds is 5. The highest BCUT2D eigenvalue weighted by Crippen LogP contribution is 2.15. The summed E-state index contributed by atoms with van der Waals surface area (Å²) in [6, 6.07) is 15.8. The first-order chi connectivity index (χ1) is 12.0. The third-order valence-electron chi connectivity index (χ3n) is 3.64. The number of carbonyl (C=O) groups is 2. The van der Waals surface area contributed by atoms with Gasteiger partial charge in [-0.3, -0.25) is 9.59 Å². The number of nitrogens with zero attached hydrogens (tertiary/aromatic N) is 2. The Labute approximate surface area is 152 Å². The zero-order valence-electron chi connectivity index (χ0n) is 13.1. The van der Waals surface area contributed by atoms with Crippen LogP contribution >= 0.6 is 15.9 Å². The van der Waals surface area contributed by atoms with Gasteiger partial charge in [-0.25, -0.2) is 4.68 Å². The first kappa shape index (κ1) is 16.9. The standard InChI is InChI=1S/C18H15BrN4O2/c19-15-7-1-12(2-8-15)11-23-16(9-10-21-23)22-18(25)14-5-3-13(4-6-14)17(20)24/h1-10H,11H2,(H2,20,24)(H,22,25). The van der Waals surface area contributed by atoms with E-state index in [1.807, 2.05) is 24.3 Å². The second-order valence-corrected chi connectivity index (χ2v) is 6.31. The molecule has 0 fully saturated rings. The lowest BCUT2D eigenvalue weighted by atomic mass is 10.1.